The number of esters is 1. The van der Waals surface area contributed by atoms with Crippen molar-refractivity contribution in [2.24, 2.45) is 0 Å². The van der Waals surface area contributed by atoms with Crippen LogP contribution in [0.4, 0.5) is 0 Å². The van der Waals surface area contributed by atoms with Gasteiger partial charge in [0.2, 0.25) is 0 Å². The molecule has 0 fully saturated rings. The van der Waals surface area contributed by atoms with Crippen LogP contribution >= 0.6 is 11.3 Å². The van der Waals surface area contributed by atoms with Crippen molar-refractivity contribution in [3.8, 4) is 6.07 Å². The van der Waals surface area contributed by atoms with Gasteiger partial charge in [0.15, 0.2) is 11.3 Å². The van der Waals surface area contributed by atoms with Crippen molar-refractivity contribution < 1.29 is 14.6 Å². The molecule has 0 amide bonds. The van der Waals surface area contributed by atoms with E-state index in [0.29, 0.717) is 4.88 Å². The molecule has 0 unspecified atom stereocenters. The Balaban J connectivity index is 3.05. The van der Waals surface area contributed by atoms with Crippen LogP contribution in [0.15, 0.2) is 23.1 Å². The monoisotopic (exact) mass is 223 g/mol. The molecule has 0 aromatic carbocycles. The molecule has 0 saturated carbocycles. The van der Waals surface area contributed by atoms with Gasteiger partial charge < -0.3 is 9.84 Å². The summed E-state index contributed by atoms with van der Waals surface area (Å²) in [7, 11) is 0. The summed E-state index contributed by atoms with van der Waals surface area (Å²) in [5.74, 6) is -1.13. The van der Waals surface area contributed by atoms with Crippen molar-refractivity contribution in [3.63, 3.8) is 0 Å². The first-order valence-corrected chi connectivity index (χ1v) is 5.13. The number of carbonyl (C=O) groups is 1. The van der Waals surface area contributed by atoms with Crippen LogP contribution in [0.1, 0.15) is 11.8 Å². The lowest BCUT2D eigenvalue weighted by Crippen LogP contribution is -2.08. The fourth-order valence-electron chi connectivity index (χ4n) is 0.935. The van der Waals surface area contributed by atoms with Crippen LogP contribution in [0.25, 0.3) is 5.76 Å². The summed E-state index contributed by atoms with van der Waals surface area (Å²) in [5, 5.41) is 20.1. The first-order valence-electron chi connectivity index (χ1n) is 4.25. The SMILES string of the molecule is CCOC(=O)/C(C#N)=C(\O)c1cccs1. The molecule has 0 aliphatic rings. The zero-order valence-corrected chi connectivity index (χ0v) is 8.87. The molecule has 1 N–H and O–H groups in total. The molecule has 0 bridgehead atoms. The molecule has 0 radical (unpaired) electrons. The average Bonchev–Trinajstić information content (AvgIpc) is 2.71. The average molecular weight is 223 g/mol. The highest BCUT2D eigenvalue weighted by atomic mass is 32.1. The Hall–Kier alpha value is -1.80. The Morgan fingerprint density at radius 3 is 2.93 bits per heavy atom. The predicted molar refractivity (Wildman–Crippen MR) is 56.1 cm³/mol. The normalized spacial score (nSPS) is 11.5. The van der Waals surface area contributed by atoms with E-state index in [0.717, 1.165) is 0 Å². The highest BCUT2D eigenvalue weighted by Crippen LogP contribution is 2.21. The maximum atomic E-state index is 11.3. The molecule has 78 valence electrons. The summed E-state index contributed by atoms with van der Waals surface area (Å²) in [4.78, 5) is 11.7. The quantitative estimate of drug-likeness (QED) is 0.368. The highest BCUT2D eigenvalue weighted by Gasteiger charge is 2.17. The van der Waals surface area contributed by atoms with Gasteiger partial charge in [-0.25, -0.2) is 4.79 Å². The van der Waals surface area contributed by atoms with Crippen molar-refractivity contribution in [2.75, 3.05) is 6.61 Å². The lowest BCUT2D eigenvalue weighted by molar-refractivity contribution is -0.138. The van der Waals surface area contributed by atoms with Crippen molar-refractivity contribution in [1.29, 1.82) is 5.26 Å². The van der Waals surface area contributed by atoms with E-state index >= 15 is 0 Å². The van der Waals surface area contributed by atoms with Crippen LogP contribution < -0.4 is 0 Å². The van der Waals surface area contributed by atoms with Crippen LogP contribution in [-0.2, 0) is 9.53 Å². The Labute approximate surface area is 91.0 Å². The largest absolute Gasteiger partial charge is 0.505 e. The lowest BCUT2D eigenvalue weighted by atomic mass is 10.2. The minimum Gasteiger partial charge on any atom is -0.505 e. The molecule has 0 aliphatic carbocycles. The van der Waals surface area contributed by atoms with Gasteiger partial charge in [-0.15, -0.1) is 11.3 Å². The number of hydrogen-bond donors (Lipinski definition) is 1. The minimum absolute atomic E-state index is 0.168. The van der Waals surface area contributed by atoms with Gasteiger partial charge >= 0.3 is 5.97 Å². The number of rotatable bonds is 3. The van der Waals surface area contributed by atoms with Gasteiger partial charge in [0.25, 0.3) is 0 Å². The smallest absolute Gasteiger partial charge is 0.352 e. The zero-order chi connectivity index (χ0) is 11.3. The third kappa shape index (κ3) is 2.58. The number of ether oxygens (including phenoxy) is 1. The summed E-state index contributed by atoms with van der Waals surface area (Å²) in [6.45, 7) is 1.80. The van der Waals surface area contributed by atoms with Crippen LogP contribution in [-0.4, -0.2) is 17.7 Å². The van der Waals surface area contributed by atoms with Crippen LogP contribution in [0, 0.1) is 11.3 Å². The number of nitriles is 1. The van der Waals surface area contributed by atoms with Gasteiger partial charge in [0.05, 0.1) is 11.5 Å². The molecular formula is C10H9NO3S. The Kier molecular flexibility index (Phi) is 3.89. The van der Waals surface area contributed by atoms with Crippen LogP contribution in [0.2, 0.25) is 0 Å². The van der Waals surface area contributed by atoms with Gasteiger partial charge in [-0.3, -0.25) is 0 Å². The first kappa shape index (κ1) is 11.3. The van der Waals surface area contributed by atoms with Crippen molar-refractivity contribution in [3.05, 3.63) is 28.0 Å². The Bertz CT molecular complexity index is 414. The number of thiophene rings is 1. The van der Waals surface area contributed by atoms with Gasteiger partial charge in [0, 0.05) is 0 Å². The lowest BCUT2D eigenvalue weighted by Gasteiger charge is -2.01. The van der Waals surface area contributed by atoms with E-state index in [1.807, 2.05) is 0 Å². The molecule has 1 aromatic heterocycles. The summed E-state index contributed by atoms with van der Waals surface area (Å²) < 4.78 is 4.64. The predicted octanol–water partition coefficient (Wildman–Crippen LogP) is 2.10. The molecule has 5 heteroatoms. The third-order valence-electron chi connectivity index (χ3n) is 1.58. The molecular weight excluding hydrogens is 214 g/mol. The molecule has 0 atom stereocenters. The van der Waals surface area contributed by atoms with Gasteiger partial charge in [-0.1, -0.05) is 6.07 Å². The summed E-state index contributed by atoms with van der Waals surface area (Å²) in [5.41, 5.74) is -0.362. The third-order valence-corrected chi connectivity index (χ3v) is 2.46. The topological polar surface area (TPSA) is 70.3 Å². The van der Waals surface area contributed by atoms with E-state index in [2.05, 4.69) is 4.74 Å². The Morgan fingerprint density at radius 2 is 2.47 bits per heavy atom. The van der Waals surface area contributed by atoms with Crippen LogP contribution in [0.5, 0.6) is 0 Å². The summed E-state index contributed by atoms with van der Waals surface area (Å²) in [6.07, 6.45) is 0. The zero-order valence-electron chi connectivity index (χ0n) is 8.06. The summed E-state index contributed by atoms with van der Waals surface area (Å²) >= 11 is 1.24. The fraction of sp³-hybridized carbons (Fsp3) is 0.200. The molecule has 1 aromatic rings. The van der Waals surface area contributed by atoms with Crippen LogP contribution in [0.3, 0.4) is 0 Å². The number of aliphatic hydroxyl groups is 1. The standard InChI is InChI=1S/C10H9NO3S/c1-2-14-10(13)7(6-11)9(12)8-4-3-5-15-8/h3-5,12H,2H2,1H3/b9-7-. The van der Waals surface area contributed by atoms with Gasteiger partial charge in [-0.2, -0.15) is 5.26 Å². The van der Waals surface area contributed by atoms with E-state index in [4.69, 9.17) is 5.26 Å². The highest BCUT2D eigenvalue weighted by molar-refractivity contribution is 7.11. The maximum Gasteiger partial charge on any atom is 0.352 e. The van der Waals surface area contributed by atoms with E-state index in [9.17, 15) is 9.90 Å². The molecule has 0 saturated heterocycles. The van der Waals surface area contributed by atoms with Gasteiger partial charge in [0.1, 0.15) is 6.07 Å². The summed E-state index contributed by atoms with van der Waals surface area (Å²) in [6, 6.07) is 4.98. The van der Waals surface area contributed by atoms with E-state index < -0.39 is 5.97 Å². The van der Waals surface area contributed by atoms with Gasteiger partial charge in [-0.05, 0) is 18.4 Å². The maximum absolute atomic E-state index is 11.3. The number of nitrogens with zero attached hydrogens (tertiary/aromatic N) is 1. The van der Waals surface area contributed by atoms with E-state index in [1.54, 1.807) is 30.5 Å². The second-order valence-corrected chi connectivity index (χ2v) is 3.48. The number of aliphatic hydroxyl groups excluding tert-OH is 1. The molecule has 1 rings (SSSR count). The van der Waals surface area contributed by atoms with E-state index in [1.165, 1.54) is 11.3 Å². The molecule has 0 spiro atoms. The van der Waals surface area contributed by atoms with Crippen molar-refractivity contribution >= 4 is 23.1 Å². The first-order chi connectivity index (χ1) is 7.20. The number of hydrogen-bond acceptors (Lipinski definition) is 5. The molecule has 4 nitrogen and oxygen atoms in total. The molecule has 0 aliphatic heterocycles. The molecule has 15 heavy (non-hydrogen) atoms. The minimum atomic E-state index is -0.800. The van der Waals surface area contributed by atoms with E-state index in [-0.39, 0.29) is 17.9 Å². The second-order valence-electron chi connectivity index (χ2n) is 2.53. The number of carbonyl (C=O) groups excluding carboxylic acids is 1. The fourth-order valence-corrected chi connectivity index (χ4v) is 1.61. The second kappa shape index (κ2) is 5.17. The molecule has 1 heterocycles. The van der Waals surface area contributed by atoms with Crippen molar-refractivity contribution in [1.82, 2.24) is 0 Å². The van der Waals surface area contributed by atoms with Crippen molar-refractivity contribution in [2.45, 2.75) is 6.92 Å². The Morgan fingerprint density at radius 1 is 1.73 bits per heavy atom.